The highest BCUT2D eigenvalue weighted by atomic mass is 16.7. The Morgan fingerprint density at radius 1 is 1.62 bits per heavy atom. The van der Waals surface area contributed by atoms with E-state index in [1.54, 1.807) is 6.92 Å². The van der Waals surface area contributed by atoms with E-state index in [2.05, 4.69) is 12.1 Å². The first-order chi connectivity index (χ1) is 7.49. The summed E-state index contributed by atoms with van der Waals surface area (Å²) in [6.45, 7) is 8.33. The van der Waals surface area contributed by atoms with Gasteiger partial charge in [-0.05, 0) is 19.3 Å². The number of unbranched alkanes of at least 4 members (excludes halogenated alkanes) is 1. The average Bonchev–Trinajstić information content (AvgIpc) is 2.63. The topological polar surface area (TPSA) is 47.9 Å². The molecule has 0 N–H and O–H groups in total. The molecule has 1 unspecified atom stereocenters. The molecule has 1 rings (SSSR count). The summed E-state index contributed by atoms with van der Waals surface area (Å²) in [5, 5.41) is 3.95. The molecule has 0 saturated carbocycles. The second kappa shape index (κ2) is 5.32. The van der Waals surface area contributed by atoms with Crippen LogP contribution >= 0.6 is 0 Å². The van der Waals surface area contributed by atoms with Gasteiger partial charge in [0.15, 0.2) is 0 Å². The first kappa shape index (κ1) is 13.0. The summed E-state index contributed by atoms with van der Waals surface area (Å²) < 4.78 is 5.16. The van der Waals surface area contributed by atoms with E-state index >= 15 is 0 Å². The van der Waals surface area contributed by atoms with Gasteiger partial charge in [-0.2, -0.15) is 0 Å². The van der Waals surface area contributed by atoms with Crippen LogP contribution in [0.2, 0.25) is 0 Å². The molecule has 0 aromatic carbocycles. The Morgan fingerprint density at radius 3 is 2.81 bits per heavy atom. The van der Waals surface area contributed by atoms with Crippen molar-refractivity contribution < 1.29 is 14.4 Å². The Labute approximate surface area is 97.0 Å². The van der Waals surface area contributed by atoms with E-state index in [0.29, 0.717) is 18.9 Å². The summed E-state index contributed by atoms with van der Waals surface area (Å²) in [5.74, 6) is 0.00520. The van der Waals surface area contributed by atoms with Crippen LogP contribution in [0.15, 0.2) is 5.16 Å². The van der Waals surface area contributed by atoms with Crippen LogP contribution in [-0.2, 0) is 14.4 Å². The van der Waals surface area contributed by atoms with E-state index in [1.807, 2.05) is 13.8 Å². The Morgan fingerprint density at radius 2 is 2.31 bits per heavy atom. The number of esters is 1. The van der Waals surface area contributed by atoms with Crippen molar-refractivity contribution in [1.82, 2.24) is 0 Å². The lowest BCUT2D eigenvalue weighted by Gasteiger charge is -2.19. The Balaban J connectivity index is 2.46. The fraction of sp³-hybridized carbons (Fsp3) is 0.833. The van der Waals surface area contributed by atoms with Crippen LogP contribution in [0.1, 0.15) is 47.0 Å². The number of ether oxygens (including phenoxy) is 1. The van der Waals surface area contributed by atoms with E-state index in [0.717, 1.165) is 18.6 Å². The maximum Gasteiger partial charge on any atom is 0.353 e. The molecule has 0 amide bonds. The van der Waals surface area contributed by atoms with Gasteiger partial charge in [0, 0.05) is 6.42 Å². The molecule has 0 aromatic rings. The zero-order chi connectivity index (χ0) is 12.2. The third-order valence-electron chi connectivity index (χ3n) is 2.71. The molecule has 1 heterocycles. The first-order valence-electron chi connectivity index (χ1n) is 5.91. The molecule has 1 atom stereocenters. The van der Waals surface area contributed by atoms with E-state index in [1.165, 1.54) is 0 Å². The lowest BCUT2D eigenvalue weighted by molar-refractivity contribution is -0.167. The van der Waals surface area contributed by atoms with Crippen LogP contribution in [0, 0.1) is 5.92 Å². The van der Waals surface area contributed by atoms with Crippen molar-refractivity contribution in [3.8, 4) is 0 Å². The number of hydrogen-bond acceptors (Lipinski definition) is 4. The fourth-order valence-electron chi connectivity index (χ4n) is 1.45. The number of nitrogens with zero attached hydrogens (tertiary/aromatic N) is 1. The van der Waals surface area contributed by atoms with Gasteiger partial charge in [0.25, 0.3) is 0 Å². The predicted molar refractivity (Wildman–Crippen MR) is 62.2 cm³/mol. The molecule has 4 heteroatoms. The van der Waals surface area contributed by atoms with Crippen molar-refractivity contribution in [2.75, 3.05) is 6.61 Å². The van der Waals surface area contributed by atoms with Crippen molar-refractivity contribution in [1.29, 1.82) is 0 Å². The molecule has 0 aromatic heterocycles. The second-order valence-corrected chi connectivity index (χ2v) is 4.73. The molecule has 0 radical (unpaired) electrons. The highest BCUT2D eigenvalue weighted by molar-refractivity contribution is 5.94. The molecule has 0 bridgehead atoms. The number of carbonyl (C=O) groups excluding carboxylic acids is 1. The van der Waals surface area contributed by atoms with E-state index in [-0.39, 0.29) is 5.97 Å². The highest BCUT2D eigenvalue weighted by Gasteiger charge is 2.43. The molecule has 92 valence electrons. The van der Waals surface area contributed by atoms with Crippen LogP contribution in [-0.4, -0.2) is 23.9 Å². The van der Waals surface area contributed by atoms with Gasteiger partial charge in [0.1, 0.15) is 0 Å². The molecule has 0 aliphatic carbocycles. The Hall–Kier alpha value is -1.06. The smallest absolute Gasteiger partial charge is 0.353 e. The summed E-state index contributed by atoms with van der Waals surface area (Å²) in [6, 6.07) is 0. The quantitative estimate of drug-likeness (QED) is 0.535. The lowest BCUT2D eigenvalue weighted by Crippen LogP contribution is -2.37. The molecule has 16 heavy (non-hydrogen) atoms. The molecular weight excluding hydrogens is 206 g/mol. The number of rotatable bonds is 5. The van der Waals surface area contributed by atoms with Gasteiger partial charge in [0.05, 0.1) is 12.3 Å². The van der Waals surface area contributed by atoms with E-state index in [4.69, 9.17) is 9.57 Å². The number of oxime groups is 1. The minimum Gasteiger partial charge on any atom is -0.463 e. The second-order valence-electron chi connectivity index (χ2n) is 4.73. The maximum absolute atomic E-state index is 11.8. The SMILES string of the molecule is CCCCOC(=O)C1(C)CC(C(C)C)=NO1. The molecule has 0 saturated heterocycles. The minimum atomic E-state index is -0.909. The standard InChI is InChI=1S/C12H21NO3/c1-5-6-7-15-11(14)12(4)8-10(9(2)3)13-16-12/h9H,5-8H2,1-4H3. The minimum absolute atomic E-state index is 0.305. The van der Waals surface area contributed by atoms with Gasteiger partial charge < -0.3 is 9.57 Å². The fourth-order valence-corrected chi connectivity index (χ4v) is 1.45. The van der Waals surface area contributed by atoms with Crippen LogP contribution < -0.4 is 0 Å². The zero-order valence-corrected chi connectivity index (χ0v) is 10.6. The average molecular weight is 227 g/mol. The van der Waals surface area contributed by atoms with Gasteiger partial charge in [-0.15, -0.1) is 0 Å². The normalized spacial score (nSPS) is 24.2. The van der Waals surface area contributed by atoms with Crippen LogP contribution in [0.25, 0.3) is 0 Å². The summed E-state index contributed by atoms with van der Waals surface area (Å²) in [4.78, 5) is 17.0. The predicted octanol–water partition coefficient (Wildman–Crippen LogP) is 2.52. The summed E-state index contributed by atoms with van der Waals surface area (Å²) in [7, 11) is 0. The van der Waals surface area contributed by atoms with E-state index in [9.17, 15) is 4.79 Å². The summed E-state index contributed by atoms with van der Waals surface area (Å²) in [6.07, 6.45) is 2.44. The van der Waals surface area contributed by atoms with Crippen molar-refractivity contribution in [2.45, 2.75) is 52.6 Å². The van der Waals surface area contributed by atoms with Gasteiger partial charge in [-0.25, -0.2) is 4.79 Å². The van der Waals surface area contributed by atoms with Crippen LogP contribution in [0.4, 0.5) is 0 Å². The molecule has 0 spiro atoms. The Bertz CT molecular complexity index is 286. The molecule has 1 aliphatic rings. The summed E-state index contributed by atoms with van der Waals surface area (Å²) >= 11 is 0. The molecular formula is C12H21NO3. The van der Waals surface area contributed by atoms with Crippen molar-refractivity contribution in [3.63, 3.8) is 0 Å². The molecule has 1 aliphatic heterocycles. The zero-order valence-electron chi connectivity index (χ0n) is 10.6. The third kappa shape index (κ3) is 2.97. The van der Waals surface area contributed by atoms with Gasteiger partial charge in [-0.3, -0.25) is 0 Å². The van der Waals surface area contributed by atoms with Gasteiger partial charge >= 0.3 is 5.97 Å². The first-order valence-corrected chi connectivity index (χ1v) is 5.91. The highest BCUT2D eigenvalue weighted by Crippen LogP contribution is 2.27. The Kier molecular flexibility index (Phi) is 4.33. The number of carbonyl (C=O) groups is 1. The van der Waals surface area contributed by atoms with Crippen molar-refractivity contribution in [3.05, 3.63) is 0 Å². The van der Waals surface area contributed by atoms with Crippen molar-refractivity contribution in [2.24, 2.45) is 11.1 Å². The monoisotopic (exact) mass is 227 g/mol. The third-order valence-corrected chi connectivity index (χ3v) is 2.71. The van der Waals surface area contributed by atoms with Crippen LogP contribution in [0.3, 0.4) is 0 Å². The number of hydrogen-bond donors (Lipinski definition) is 0. The maximum atomic E-state index is 11.8. The largest absolute Gasteiger partial charge is 0.463 e. The van der Waals surface area contributed by atoms with E-state index < -0.39 is 5.60 Å². The molecule has 0 fully saturated rings. The van der Waals surface area contributed by atoms with Gasteiger partial charge in [0.2, 0.25) is 5.60 Å². The summed E-state index contributed by atoms with van der Waals surface area (Å²) in [5.41, 5.74) is 0.0165. The molecule has 4 nitrogen and oxygen atoms in total. The van der Waals surface area contributed by atoms with Gasteiger partial charge in [-0.1, -0.05) is 32.3 Å². The van der Waals surface area contributed by atoms with Crippen LogP contribution in [0.5, 0.6) is 0 Å². The lowest BCUT2D eigenvalue weighted by atomic mass is 9.94. The van der Waals surface area contributed by atoms with Crippen molar-refractivity contribution >= 4 is 11.7 Å².